The Hall–Kier alpha value is -4.22. The van der Waals surface area contributed by atoms with Crippen LogP contribution in [0.4, 0.5) is 10.6 Å². The molecule has 1 aliphatic heterocycles. The third-order valence-corrected chi connectivity index (χ3v) is 6.21. The Kier molecular flexibility index (Phi) is 11.2. The fourth-order valence-electron chi connectivity index (χ4n) is 4.34. The highest BCUT2D eigenvalue weighted by atomic mass is 16.6. The van der Waals surface area contributed by atoms with Crippen molar-refractivity contribution in [1.82, 2.24) is 25.1 Å². The van der Waals surface area contributed by atoms with Crippen molar-refractivity contribution in [2.24, 2.45) is 0 Å². The minimum atomic E-state index is -1.02. The van der Waals surface area contributed by atoms with Crippen LogP contribution in [0.25, 0.3) is 11.4 Å². The molecule has 1 aromatic heterocycles. The van der Waals surface area contributed by atoms with Gasteiger partial charge in [-0.1, -0.05) is 30.3 Å². The molecule has 1 saturated heterocycles. The first kappa shape index (κ1) is 32.3. The van der Waals surface area contributed by atoms with Crippen molar-refractivity contribution in [2.75, 3.05) is 38.1 Å². The molecule has 1 fully saturated rings. The third-order valence-electron chi connectivity index (χ3n) is 6.21. The van der Waals surface area contributed by atoms with E-state index in [4.69, 9.17) is 9.47 Å². The number of amides is 3. The number of anilines is 1. The van der Waals surface area contributed by atoms with Gasteiger partial charge in [0.25, 0.3) is 5.91 Å². The summed E-state index contributed by atoms with van der Waals surface area (Å²) in [4.78, 5) is 64.0. The van der Waals surface area contributed by atoms with Gasteiger partial charge in [-0.25, -0.2) is 14.8 Å². The van der Waals surface area contributed by atoms with E-state index in [2.05, 4.69) is 20.6 Å². The molecule has 2 heterocycles. The number of aromatic nitrogens is 2. The molecule has 42 heavy (non-hydrogen) atoms. The fraction of sp³-hybridized carbons (Fsp3) is 0.533. The molecule has 12 heteroatoms. The molecular formula is C30H42N6O6. The summed E-state index contributed by atoms with van der Waals surface area (Å²) in [5, 5.41) is 6.01. The lowest BCUT2D eigenvalue weighted by Gasteiger charge is -2.36. The van der Waals surface area contributed by atoms with Crippen LogP contribution >= 0.6 is 0 Å². The topological polar surface area (TPSA) is 143 Å². The normalized spacial score (nSPS) is 14.3. The van der Waals surface area contributed by atoms with Gasteiger partial charge < -0.3 is 29.9 Å². The predicted octanol–water partition coefficient (Wildman–Crippen LogP) is 3.48. The molecule has 3 rings (SSSR count). The standard InChI is InChI=1S/C30H42N6O6/c1-7-41-29(40)36-17-15-35(16-18-36)28(39)22(13-14-25(37)42-30(4,5)6)33-27(38)23-19-24(31-20(2)3)34-26(32-23)21-11-9-8-10-12-21/h8-12,19-20,22H,7,13-18H2,1-6H3,(H,33,38)(H,31,32,34). The lowest BCUT2D eigenvalue weighted by Crippen LogP contribution is -2.56. The molecule has 0 bridgehead atoms. The van der Waals surface area contributed by atoms with Crippen LogP contribution in [-0.4, -0.2) is 94.1 Å². The smallest absolute Gasteiger partial charge is 0.409 e. The Morgan fingerprint density at radius 3 is 2.21 bits per heavy atom. The zero-order valence-electron chi connectivity index (χ0n) is 25.3. The van der Waals surface area contributed by atoms with E-state index < -0.39 is 29.6 Å². The molecule has 12 nitrogen and oxygen atoms in total. The van der Waals surface area contributed by atoms with Gasteiger partial charge >= 0.3 is 12.1 Å². The molecule has 1 aliphatic rings. The number of benzene rings is 1. The van der Waals surface area contributed by atoms with Gasteiger partial charge in [-0.05, 0) is 48.0 Å². The summed E-state index contributed by atoms with van der Waals surface area (Å²) in [5.41, 5.74) is 0.128. The number of nitrogens with one attached hydrogen (secondary N) is 2. The van der Waals surface area contributed by atoms with Gasteiger partial charge in [0, 0.05) is 50.3 Å². The van der Waals surface area contributed by atoms with Crippen molar-refractivity contribution in [3.63, 3.8) is 0 Å². The highest BCUT2D eigenvalue weighted by molar-refractivity contribution is 5.97. The van der Waals surface area contributed by atoms with E-state index in [9.17, 15) is 19.2 Å². The molecule has 1 unspecified atom stereocenters. The van der Waals surface area contributed by atoms with Gasteiger partial charge in [0.1, 0.15) is 23.2 Å². The quantitative estimate of drug-likeness (QED) is 0.403. The van der Waals surface area contributed by atoms with E-state index in [-0.39, 0.29) is 50.2 Å². The van der Waals surface area contributed by atoms with E-state index in [1.54, 1.807) is 32.6 Å². The summed E-state index contributed by atoms with van der Waals surface area (Å²) in [6, 6.07) is 9.85. The number of hydrogen-bond donors (Lipinski definition) is 2. The monoisotopic (exact) mass is 582 g/mol. The first-order valence-corrected chi connectivity index (χ1v) is 14.3. The van der Waals surface area contributed by atoms with Gasteiger partial charge in [-0.2, -0.15) is 0 Å². The third kappa shape index (κ3) is 9.71. The summed E-state index contributed by atoms with van der Waals surface area (Å²) >= 11 is 0. The van der Waals surface area contributed by atoms with Crippen LogP contribution in [0.1, 0.15) is 64.9 Å². The Morgan fingerprint density at radius 1 is 0.976 bits per heavy atom. The van der Waals surface area contributed by atoms with Crippen LogP contribution < -0.4 is 10.6 Å². The minimum absolute atomic E-state index is 0.0330. The van der Waals surface area contributed by atoms with Crippen LogP contribution in [0.5, 0.6) is 0 Å². The molecule has 0 aliphatic carbocycles. The number of ether oxygens (including phenoxy) is 2. The molecule has 1 aromatic carbocycles. The average molecular weight is 583 g/mol. The van der Waals surface area contributed by atoms with Crippen molar-refractivity contribution in [2.45, 2.75) is 72.1 Å². The molecule has 0 spiro atoms. The zero-order chi connectivity index (χ0) is 30.9. The Balaban J connectivity index is 1.82. The molecular weight excluding hydrogens is 540 g/mol. The van der Waals surface area contributed by atoms with Crippen molar-refractivity contribution in [3.8, 4) is 11.4 Å². The molecule has 2 aromatic rings. The van der Waals surface area contributed by atoms with Crippen molar-refractivity contribution < 1.29 is 28.7 Å². The van der Waals surface area contributed by atoms with E-state index in [0.717, 1.165) is 5.56 Å². The first-order chi connectivity index (χ1) is 19.9. The highest BCUT2D eigenvalue weighted by Crippen LogP contribution is 2.19. The van der Waals surface area contributed by atoms with E-state index in [1.165, 1.54) is 11.0 Å². The number of rotatable bonds is 10. The second kappa shape index (κ2) is 14.6. The van der Waals surface area contributed by atoms with Crippen LogP contribution in [0.15, 0.2) is 36.4 Å². The lowest BCUT2D eigenvalue weighted by molar-refractivity contribution is -0.155. The second-order valence-electron chi connectivity index (χ2n) is 11.3. The van der Waals surface area contributed by atoms with E-state index >= 15 is 0 Å². The number of nitrogens with zero attached hydrogens (tertiary/aromatic N) is 4. The largest absolute Gasteiger partial charge is 0.460 e. The van der Waals surface area contributed by atoms with E-state index in [0.29, 0.717) is 24.7 Å². The SMILES string of the molecule is CCOC(=O)N1CCN(C(=O)C(CCC(=O)OC(C)(C)C)NC(=O)c2cc(NC(C)C)nc(-c3ccccc3)n2)CC1. The number of esters is 1. The van der Waals surface area contributed by atoms with Crippen molar-refractivity contribution in [1.29, 1.82) is 0 Å². The first-order valence-electron chi connectivity index (χ1n) is 14.3. The van der Waals surface area contributed by atoms with Crippen molar-refractivity contribution >= 4 is 29.7 Å². The van der Waals surface area contributed by atoms with Crippen LogP contribution in [0.2, 0.25) is 0 Å². The summed E-state index contributed by atoms with van der Waals surface area (Å²) in [6.07, 6.45) is -0.468. The van der Waals surface area contributed by atoms with Gasteiger partial charge in [0.15, 0.2) is 5.82 Å². The lowest BCUT2D eigenvalue weighted by atomic mass is 10.1. The number of piperazine rings is 1. The van der Waals surface area contributed by atoms with E-state index in [1.807, 2.05) is 44.2 Å². The van der Waals surface area contributed by atoms with Gasteiger partial charge in [0.05, 0.1) is 6.61 Å². The minimum Gasteiger partial charge on any atom is -0.460 e. The Morgan fingerprint density at radius 2 is 1.62 bits per heavy atom. The average Bonchev–Trinajstić information content (AvgIpc) is 2.94. The number of hydrogen-bond acceptors (Lipinski definition) is 9. The maximum absolute atomic E-state index is 13.6. The van der Waals surface area contributed by atoms with Gasteiger partial charge in [-0.3, -0.25) is 14.4 Å². The molecule has 0 radical (unpaired) electrons. The van der Waals surface area contributed by atoms with Crippen LogP contribution in [-0.2, 0) is 19.1 Å². The highest BCUT2D eigenvalue weighted by Gasteiger charge is 2.32. The van der Waals surface area contributed by atoms with Gasteiger partial charge in [0.2, 0.25) is 5.91 Å². The molecule has 228 valence electrons. The fourth-order valence-corrected chi connectivity index (χ4v) is 4.34. The molecule has 3 amide bonds. The zero-order valence-corrected chi connectivity index (χ0v) is 25.3. The maximum Gasteiger partial charge on any atom is 0.409 e. The summed E-state index contributed by atoms with van der Waals surface area (Å²) in [6.45, 7) is 12.3. The molecule has 1 atom stereocenters. The summed E-state index contributed by atoms with van der Waals surface area (Å²) in [7, 11) is 0. The van der Waals surface area contributed by atoms with Crippen molar-refractivity contribution in [3.05, 3.63) is 42.1 Å². The number of carbonyl (C=O) groups excluding carboxylic acids is 4. The van der Waals surface area contributed by atoms with Crippen LogP contribution in [0, 0.1) is 0 Å². The molecule has 2 N–H and O–H groups in total. The Labute approximate surface area is 247 Å². The second-order valence-corrected chi connectivity index (χ2v) is 11.3. The predicted molar refractivity (Wildman–Crippen MR) is 158 cm³/mol. The summed E-state index contributed by atoms with van der Waals surface area (Å²) < 4.78 is 10.5. The molecule has 0 saturated carbocycles. The van der Waals surface area contributed by atoms with Crippen LogP contribution in [0.3, 0.4) is 0 Å². The maximum atomic E-state index is 13.6. The Bertz CT molecular complexity index is 1240. The summed E-state index contributed by atoms with van der Waals surface area (Å²) in [5.74, 6) is -0.574. The number of carbonyl (C=O) groups is 4. The van der Waals surface area contributed by atoms with Gasteiger partial charge in [-0.15, -0.1) is 0 Å².